The molecule has 10 nitrogen and oxygen atoms in total. The second-order valence-corrected chi connectivity index (χ2v) is 10.6. The van der Waals surface area contributed by atoms with Gasteiger partial charge >= 0.3 is 17.1 Å². The van der Waals surface area contributed by atoms with Gasteiger partial charge in [0.25, 0.3) is 0 Å². The number of hydrogen-bond donors (Lipinski definition) is 0. The van der Waals surface area contributed by atoms with E-state index in [1.165, 1.54) is 0 Å². The number of rotatable bonds is 0. The molecule has 0 fully saturated rings. The minimum atomic E-state index is -1.08. The predicted octanol–water partition coefficient (Wildman–Crippen LogP) is 5.86. The zero-order valence-corrected chi connectivity index (χ0v) is 28.6. The third kappa shape index (κ3) is 10.1. The number of carboxylic acid groups (broad SMARTS) is 2. The molecular formula is C40H30FeN6O4. The Morgan fingerprint density at radius 1 is 0.353 bits per heavy atom. The Kier molecular flexibility index (Phi) is 13.5. The van der Waals surface area contributed by atoms with Crippen LogP contribution in [0.1, 0.15) is 13.8 Å². The molecule has 3 aromatic carbocycles. The molecule has 0 spiro atoms. The van der Waals surface area contributed by atoms with Crippen LogP contribution in [-0.4, -0.2) is 41.8 Å². The van der Waals surface area contributed by atoms with Crippen molar-refractivity contribution in [2.45, 2.75) is 13.8 Å². The largest absolute Gasteiger partial charge is 2.00 e. The molecule has 6 heterocycles. The molecular weight excluding hydrogens is 684 g/mol. The molecule has 0 bridgehead atoms. The molecule has 9 aromatic rings. The monoisotopic (exact) mass is 714 g/mol. The van der Waals surface area contributed by atoms with Gasteiger partial charge in [-0.3, -0.25) is 29.9 Å². The van der Waals surface area contributed by atoms with Crippen LogP contribution in [-0.2, 0) is 26.7 Å². The summed E-state index contributed by atoms with van der Waals surface area (Å²) in [5.74, 6) is -2.17. The molecule has 0 atom stereocenters. The minimum absolute atomic E-state index is 0. The van der Waals surface area contributed by atoms with E-state index in [-0.39, 0.29) is 17.1 Å². The number of fused-ring (bicyclic) bond motifs is 9. The fraction of sp³-hybridized carbons (Fsp3) is 0.0500. The molecule has 0 saturated carbocycles. The van der Waals surface area contributed by atoms with Gasteiger partial charge in [-0.1, -0.05) is 72.8 Å². The van der Waals surface area contributed by atoms with Crippen LogP contribution >= 0.6 is 0 Å². The second-order valence-electron chi connectivity index (χ2n) is 10.6. The number of carbonyl (C=O) groups is 2. The maximum Gasteiger partial charge on any atom is 2.00 e. The summed E-state index contributed by atoms with van der Waals surface area (Å²) in [5, 5.41) is 24.6. The van der Waals surface area contributed by atoms with Crippen molar-refractivity contribution in [2.75, 3.05) is 0 Å². The van der Waals surface area contributed by atoms with E-state index in [1.54, 1.807) is 37.2 Å². The van der Waals surface area contributed by atoms with Gasteiger partial charge in [-0.15, -0.1) is 0 Å². The summed E-state index contributed by atoms with van der Waals surface area (Å²) in [6, 6.07) is 36.4. The van der Waals surface area contributed by atoms with Gasteiger partial charge in [-0.2, -0.15) is 0 Å². The molecule has 0 saturated heterocycles. The first-order valence-electron chi connectivity index (χ1n) is 15.4. The predicted molar refractivity (Wildman–Crippen MR) is 192 cm³/mol. The first kappa shape index (κ1) is 37.4. The van der Waals surface area contributed by atoms with E-state index in [0.717, 1.165) is 79.3 Å². The van der Waals surface area contributed by atoms with Crippen LogP contribution in [0, 0.1) is 0 Å². The van der Waals surface area contributed by atoms with Gasteiger partial charge in [-0.05, 0) is 50.2 Å². The molecule has 0 amide bonds. The number of pyridine rings is 6. The normalized spacial score (nSPS) is 9.92. The number of carbonyl (C=O) groups excluding carboxylic acids is 2. The maximum atomic E-state index is 8.89. The molecule has 0 aliphatic heterocycles. The summed E-state index contributed by atoms with van der Waals surface area (Å²) in [4.78, 5) is 43.9. The van der Waals surface area contributed by atoms with Crippen LogP contribution in [0.3, 0.4) is 0 Å². The van der Waals surface area contributed by atoms with Crippen molar-refractivity contribution in [3.63, 3.8) is 0 Å². The number of aliphatic carboxylic acids is 2. The van der Waals surface area contributed by atoms with Crippen molar-refractivity contribution in [1.82, 2.24) is 29.9 Å². The van der Waals surface area contributed by atoms with E-state index in [9.17, 15) is 0 Å². The maximum absolute atomic E-state index is 8.89. The molecule has 6 aromatic heterocycles. The average molecular weight is 715 g/mol. The number of benzene rings is 3. The van der Waals surface area contributed by atoms with Crippen molar-refractivity contribution in [3.05, 3.63) is 146 Å². The number of hydrogen-bond acceptors (Lipinski definition) is 10. The second kappa shape index (κ2) is 18.4. The Bertz CT molecular complexity index is 2120. The number of aromatic nitrogens is 6. The Morgan fingerprint density at radius 2 is 0.490 bits per heavy atom. The fourth-order valence-corrected chi connectivity index (χ4v) is 5.04. The van der Waals surface area contributed by atoms with E-state index >= 15 is 0 Å². The van der Waals surface area contributed by atoms with Gasteiger partial charge in [0.15, 0.2) is 0 Å². The van der Waals surface area contributed by atoms with Crippen molar-refractivity contribution in [1.29, 1.82) is 0 Å². The Labute approximate surface area is 303 Å². The van der Waals surface area contributed by atoms with E-state index in [4.69, 9.17) is 19.8 Å². The van der Waals surface area contributed by atoms with Crippen molar-refractivity contribution >= 4 is 77.4 Å². The van der Waals surface area contributed by atoms with Crippen molar-refractivity contribution in [3.8, 4) is 0 Å². The third-order valence-electron chi connectivity index (χ3n) is 7.03. The van der Waals surface area contributed by atoms with Crippen LogP contribution in [0.15, 0.2) is 146 Å². The van der Waals surface area contributed by atoms with Gasteiger partial charge in [0.05, 0.1) is 33.1 Å². The number of nitrogens with zero attached hydrogens (tertiary/aromatic N) is 6. The summed E-state index contributed by atoms with van der Waals surface area (Å²) in [7, 11) is 0. The minimum Gasteiger partial charge on any atom is -0.550 e. The van der Waals surface area contributed by atoms with Crippen LogP contribution in [0.5, 0.6) is 0 Å². The van der Waals surface area contributed by atoms with Gasteiger partial charge in [0.2, 0.25) is 0 Å². The quantitative estimate of drug-likeness (QED) is 0.138. The fourth-order valence-electron chi connectivity index (χ4n) is 5.04. The van der Waals surface area contributed by atoms with Crippen molar-refractivity contribution < 1.29 is 36.9 Å². The average Bonchev–Trinajstić information content (AvgIpc) is 3.15. The molecule has 0 radical (unpaired) electrons. The van der Waals surface area contributed by atoms with Gasteiger partial charge < -0.3 is 19.8 Å². The van der Waals surface area contributed by atoms with Crippen LogP contribution in [0.4, 0.5) is 0 Å². The number of carboxylic acids is 2. The third-order valence-corrected chi connectivity index (χ3v) is 7.03. The topological polar surface area (TPSA) is 158 Å². The molecule has 0 unspecified atom stereocenters. The van der Waals surface area contributed by atoms with Crippen molar-refractivity contribution in [2.24, 2.45) is 0 Å². The molecule has 11 heteroatoms. The zero-order valence-electron chi connectivity index (χ0n) is 27.5. The summed E-state index contributed by atoms with van der Waals surface area (Å²) >= 11 is 0. The van der Waals surface area contributed by atoms with Crippen LogP contribution in [0.2, 0.25) is 0 Å². The molecule has 51 heavy (non-hydrogen) atoms. The first-order chi connectivity index (χ1) is 24.3. The first-order valence-corrected chi connectivity index (χ1v) is 15.4. The Morgan fingerprint density at radius 3 is 0.627 bits per heavy atom. The Balaban J connectivity index is 0.000000154. The van der Waals surface area contributed by atoms with Gasteiger partial charge in [-0.25, -0.2) is 0 Å². The van der Waals surface area contributed by atoms with Crippen LogP contribution < -0.4 is 10.2 Å². The zero-order chi connectivity index (χ0) is 35.3. The molecule has 0 aliphatic rings. The Hall–Kier alpha value is -6.42. The smallest absolute Gasteiger partial charge is 0.550 e. The molecule has 0 N–H and O–H groups in total. The standard InChI is InChI=1S/3C12H8N2.2C2H4O2.Fe/c3*1-3-9-5-6-10-4-2-8-14-12(10)11(9)13-7-1;2*1-2(3)4;/h3*1-8H;2*1H3,(H,3,4);/q;;;;;+2/p-2. The van der Waals surface area contributed by atoms with Gasteiger partial charge in [0, 0.05) is 81.4 Å². The van der Waals surface area contributed by atoms with E-state index < -0.39 is 11.9 Å². The summed E-state index contributed by atoms with van der Waals surface area (Å²) < 4.78 is 0. The van der Waals surface area contributed by atoms with E-state index in [0.29, 0.717) is 0 Å². The van der Waals surface area contributed by atoms with E-state index in [1.807, 2.05) is 36.4 Å². The summed E-state index contributed by atoms with van der Waals surface area (Å²) in [6.45, 7) is 1.94. The van der Waals surface area contributed by atoms with E-state index in [2.05, 4.69) is 103 Å². The molecule has 0 aliphatic carbocycles. The summed E-state index contributed by atoms with van der Waals surface area (Å²) in [6.07, 6.45) is 10.8. The van der Waals surface area contributed by atoms with Crippen LogP contribution in [0.25, 0.3) is 65.4 Å². The van der Waals surface area contributed by atoms with Gasteiger partial charge in [0.1, 0.15) is 0 Å². The summed E-state index contributed by atoms with van der Waals surface area (Å²) in [5.41, 5.74) is 5.86. The molecule has 9 rings (SSSR count). The SMILES string of the molecule is CC(=O)[O-].CC(=O)[O-].[Fe+2].c1cnc2c(c1)ccc1cccnc12.c1cnc2c(c1)ccc1cccnc12.c1cnc2c(c1)ccc1cccnc12. The molecule has 252 valence electrons.